The van der Waals surface area contributed by atoms with Crippen LogP contribution in [0.1, 0.15) is 21.7 Å². The minimum absolute atomic E-state index is 0.604. The molecule has 0 aliphatic rings. The van der Waals surface area contributed by atoms with Gasteiger partial charge >= 0.3 is 0 Å². The summed E-state index contributed by atoms with van der Waals surface area (Å²) in [6.07, 6.45) is 0.827. The number of nitrogens with one attached hydrogen (secondary N) is 2. The standard InChI is InChI=1S/C15H14N2O/c1-9-10(2)16-15-5-3-11(7-13(9)15)14-6-4-12(8-18)17-14/h3-8,16-17H,1-2H3. The van der Waals surface area contributed by atoms with Crippen molar-refractivity contribution in [3.8, 4) is 11.3 Å². The van der Waals surface area contributed by atoms with Gasteiger partial charge in [-0.25, -0.2) is 0 Å². The molecule has 2 heterocycles. The zero-order valence-electron chi connectivity index (χ0n) is 10.4. The highest BCUT2D eigenvalue weighted by Crippen LogP contribution is 2.27. The van der Waals surface area contributed by atoms with Gasteiger partial charge in [-0.3, -0.25) is 4.79 Å². The topological polar surface area (TPSA) is 48.6 Å². The molecule has 0 atom stereocenters. The van der Waals surface area contributed by atoms with Crippen molar-refractivity contribution in [2.75, 3.05) is 0 Å². The third-order valence-electron chi connectivity index (χ3n) is 3.45. The molecule has 0 saturated heterocycles. The van der Waals surface area contributed by atoms with Gasteiger partial charge in [0.15, 0.2) is 6.29 Å². The highest BCUT2D eigenvalue weighted by molar-refractivity contribution is 5.88. The highest BCUT2D eigenvalue weighted by Gasteiger charge is 2.07. The Morgan fingerprint density at radius 1 is 1.06 bits per heavy atom. The van der Waals surface area contributed by atoms with E-state index >= 15 is 0 Å². The van der Waals surface area contributed by atoms with E-state index in [1.54, 1.807) is 6.07 Å². The first kappa shape index (κ1) is 10.8. The molecule has 0 aliphatic carbocycles. The first-order valence-corrected chi connectivity index (χ1v) is 5.92. The summed E-state index contributed by atoms with van der Waals surface area (Å²) in [6.45, 7) is 4.19. The molecule has 0 amide bonds. The fraction of sp³-hybridized carbons (Fsp3) is 0.133. The Hall–Kier alpha value is -2.29. The smallest absolute Gasteiger partial charge is 0.166 e. The highest BCUT2D eigenvalue weighted by atomic mass is 16.1. The second kappa shape index (κ2) is 3.88. The first-order valence-electron chi connectivity index (χ1n) is 5.92. The summed E-state index contributed by atoms with van der Waals surface area (Å²) in [5.74, 6) is 0. The predicted octanol–water partition coefficient (Wildman–Crippen LogP) is 3.59. The van der Waals surface area contributed by atoms with Crippen molar-refractivity contribution >= 4 is 17.2 Å². The van der Waals surface area contributed by atoms with Crippen molar-refractivity contribution in [3.63, 3.8) is 0 Å². The number of carbonyl (C=O) groups is 1. The minimum atomic E-state index is 0.604. The van der Waals surface area contributed by atoms with Crippen molar-refractivity contribution < 1.29 is 4.79 Å². The zero-order chi connectivity index (χ0) is 12.7. The lowest BCUT2D eigenvalue weighted by molar-refractivity contribution is 0.111. The van der Waals surface area contributed by atoms with Gasteiger partial charge in [0, 0.05) is 22.3 Å². The minimum Gasteiger partial charge on any atom is -0.358 e. The molecule has 2 aromatic heterocycles. The number of H-pyrrole nitrogens is 2. The van der Waals surface area contributed by atoms with E-state index in [-0.39, 0.29) is 0 Å². The largest absolute Gasteiger partial charge is 0.358 e. The summed E-state index contributed by atoms with van der Waals surface area (Å²) in [4.78, 5) is 17.1. The number of rotatable bonds is 2. The molecule has 3 rings (SSSR count). The maximum Gasteiger partial charge on any atom is 0.166 e. The second-order valence-electron chi connectivity index (χ2n) is 4.58. The molecule has 2 N–H and O–H groups in total. The number of fused-ring (bicyclic) bond motifs is 1. The van der Waals surface area contributed by atoms with Crippen LogP contribution in [0.3, 0.4) is 0 Å². The van der Waals surface area contributed by atoms with Crippen LogP contribution < -0.4 is 0 Å². The number of aromatic nitrogens is 2. The second-order valence-corrected chi connectivity index (χ2v) is 4.58. The molecule has 0 unspecified atom stereocenters. The van der Waals surface area contributed by atoms with Gasteiger partial charge in [-0.1, -0.05) is 6.07 Å². The van der Waals surface area contributed by atoms with Crippen LogP contribution in [0.4, 0.5) is 0 Å². The summed E-state index contributed by atoms with van der Waals surface area (Å²) in [6, 6.07) is 10.0. The van der Waals surface area contributed by atoms with Gasteiger partial charge in [-0.05, 0) is 49.2 Å². The molecule has 3 aromatic rings. The molecule has 0 saturated carbocycles. The fourth-order valence-electron chi connectivity index (χ4n) is 2.28. The Balaban J connectivity index is 2.17. The van der Waals surface area contributed by atoms with Crippen LogP contribution in [0.15, 0.2) is 30.3 Å². The van der Waals surface area contributed by atoms with Gasteiger partial charge < -0.3 is 9.97 Å². The molecule has 0 bridgehead atoms. The molecule has 18 heavy (non-hydrogen) atoms. The lowest BCUT2D eigenvalue weighted by Crippen LogP contribution is -1.81. The molecule has 0 spiro atoms. The third-order valence-corrected chi connectivity index (χ3v) is 3.45. The molecule has 0 aliphatic heterocycles. The van der Waals surface area contributed by atoms with Crippen LogP contribution in [-0.4, -0.2) is 16.3 Å². The summed E-state index contributed by atoms with van der Waals surface area (Å²) < 4.78 is 0. The van der Waals surface area contributed by atoms with E-state index in [4.69, 9.17) is 0 Å². The summed E-state index contributed by atoms with van der Waals surface area (Å²) in [5.41, 5.74) is 6.29. The van der Waals surface area contributed by atoms with Gasteiger partial charge in [0.05, 0.1) is 5.69 Å². The number of benzene rings is 1. The first-order chi connectivity index (χ1) is 8.69. The Kier molecular flexibility index (Phi) is 2.33. The van der Waals surface area contributed by atoms with Crippen LogP contribution in [0.25, 0.3) is 22.2 Å². The van der Waals surface area contributed by atoms with Crippen molar-refractivity contribution in [1.29, 1.82) is 0 Å². The summed E-state index contributed by atoms with van der Waals surface area (Å²) in [7, 11) is 0. The Morgan fingerprint density at radius 2 is 1.89 bits per heavy atom. The van der Waals surface area contributed by atoms with Crippen molar-refractivity contribution in [2.45, 2.75) is 13.8 Å². The van der Waals surface area contributed by atoms with Crippen LogP contribution >= 0.6 is 0 Å². The van der Waals surface area contributed by atoms with Crippen molar-refractivity contribution in [1.82, 2.24) is 9.97 Å². The number of hydrogen-bond donors (Lipinski definition) is 2. The molecular formula is C15H14N2O. The Morgan fingerprint density at radius 3 is 2.61 bits per heavy atom. The van der Waals surface area contributed by atoms with Gasteiger partial charge in [0.1, 0.15) is 0 Å². The molecule has 3 heteroatoms. The van der Waals surface area contributed by atoms with Crippen molar-refractivity contribution in [2.24, 2.45) is 0 Å². The van der Waals surface area contributed by atoms with Gasteiger partial charge in [0.2, 0.25) is 0 Å². The predicted molar refractivity (Wildman–Crippen MR) is 72.9 cm³/mol. The van der Waals surface area contributed by atoms with E-state index in [0.717, 1.165) is 23.1 Å². The quantitative estimate of drug-likeness (QED) is 0.658. The molecule has 0 radical (unpaired) electrons. The lowest BCUT2D eigenvalue weighted by atomic mass is 10.1. The monoisotopic (exact) mass is 238 g/mol. The van der Waals surface area contributed by atoms with Gasteiger partial charge in [-0.2, -0.15) is 0 Å². The Labute approximate surface area is 105 Å². The number of aryl methyl sites for hydroxylation is 2. The van der Waals surface area contributed by atoms with E-state index < -0.39 is 0 Å². The normalized spacial score (nSPS) is 11.0. The summed E-state index contributed by atoms with van der Waals surface area (Å²) in [5, 5.41) is 1.23. The molecule has 1 aromatic carbocycles. The number of aromatic amines is 2. The molecule has 0 fully saturated rings. The van der Waals surface area contributed by atoms with E-state index in [1.165, 1.54) is 16.6 Å². The maximum atomic E-state index is 10.7. The maximum absolute atomic E-state index is 10.7. The van der Waals surface area contributed by atoms with E-state index in [2.05, 4.69) is 42.0 Å². The molecule has 3 nitrogen and oxygen atoms in total. The van der Waals surface area contributed by atoms with Gasteiger partial charge in [0.25, 0.3) is 0 Å². The third kappa shape index (κ3) is 1.56. The van der Waals surface area contributed by atoms with Crippen LogP contribution in [0.2, 0.25) is 0 Å². The van der Waals surface area contributed by atoms with E-state index in [9.17, 15) is 4.79 Å². The molecular weight excluding hydrogens is 224 g/mol. The van der Waals surface area contributed by atoms with Crippen LogP contribution in [-0.2, 0) is 0 Å². The molecule has 90 valence electrons. The average molecular weight is 238 g/mol. The summed E-state index contributed by atoms with van der Waals surface area (Å²) >= 11 is 0. The van der Waals surface area contributed by atoms with E-state index in [1.807, 2.05) is 6.07 Å². The number of carbonyl (C=O) groups excluding carboxylic acids is 1. The number of aldehydes is 1. The average Bonchev–Trinajstić information content (AvgIpc) is 2.96. The van der Waals surface area contributed by atoms with Crippen LogP contribution in [0, 0.1) is 13.8 Å². The Bertz CT molecular complexity index is 734. The lowest BCUT2D eigenvalue weighted by Gasteiger charge is -1.99. The van der Waals surface area contributed by atoms with Crippen LogP contribution in [0.5, 0.6) is 0 Å². The zero-order valence-corrected chi connectivity index (χ0v) is 10.4. The SMILES string of the molecule is Cc1[nH]c2ccc(-c3ccc(C=O)[nH]3)cc2c1C. The van der Waals surface area contributed by atoms with Crippen molar-refractivity contribution in [3.05, 3.63) is 47.3 Å². The number of hydrogen-bond acceptors (Lipinski definition) is 1. The van der Waals surface area contributed by atoms with Gasteiger partial charge in [-0.15, -0.1) is 0 Å². The van der Waals surface area contributed by atoms with E-state index in [0.29, 0.717) is 5.69 Å². The fourth-order valence-corrected chi connectivity index (χ4v) is 2.28.